The number of rotatable bonds is 26. The van der Waals surface area contributed by atoms with E-state index in [9.17, 15) is 5.21 Å². The van der Waals surface area contributed by atoms with Crippen LogP contribution in [0.2, 0.25) is 0 Å². The first kappa shape index (κ1) is 31.9. The molecule has 2 heteroatoms. The SMILES string of the molecule is CCCCCCCCCCCC[N+]([O-])(CCC)C(CCC)CCCCCCCCCCC. The van der Waals surface area contributed by atoms with Gasteiger partial charge in [-0.05, 0) is 38.5 Å². The molecular weight excluding hydrogens is 390 g/mol. The molecule has 0 aliphatic rings. The fourth-order valence-electron chi connectivity index (χ4n) is 5.36. The molecule has 0 aliphatic carbocycles. The smallest absolute Gasteiger partial charge is 0.0887 e. The van der Waals surface area contributed by atoms with Crippen LogP contribution in [-0.2, 0) is 0 Å². The minimum Gasteiger partial charge on any atom is -0.633 e. The molecule has 2 atom stereocenters. The molecule has 0 radical (unpaired) electrons. The van der Waals surface area contributed by atoms with Crippen LogP contribution in [0, 0.1) is 5.21 Å². The van der Waals surface area contributed by atoms with Gasteiger partial charge in [0, 0.05) is 0 Å². The van der Waals surface area contributed by atoms with Gasteiger partial charge in [0.15, 0.2) is 0 Å². The summed E-state index contributed by atoms with van der Waals surface area (Å²) in [6, 6.07) is 0.350. The molecule has 2 unspecified atom stereocenters. The summed E-state index contributed by atoms with van der Waals surface area (Å²) < 4.78 is 0.109. The standard InChI is InChI=1S/C30H63NO/c1-5-9-11-13-15-17-19-21-23-25-29-31(32,28-8-4)30(26-7-3)27-24-22-20-18-16-14-12-10-6-2/h30H,5-29H2,1-4H3. The minimum atomic E-state index is 0.109. The van der Waals surface area contributed by atoms with Gasteiger partial charge < -0.3 is 9.85 Å². The van der Waals surface area contributed by atoms with Crippen molar-refractivity contribution in [2.45, 2.75) is 181 Å². The highest BCUT2D eigenvalue weighted by Crippen LogP contribution is 2.25. The Kier molecular flexibility index (Phi) is 24.0. The predicted molar refractivity (Wildman–Crippen MR) is 146 cm³/mol. The van der Waals surface area contributed by atoms with Crippen LogP contribution in [0.25, 0.3) is 0 Å². The van der Waals surface area contributed by atoms with E-state index in [-0.39, 0.29) is 4.65 Å². The highest BCUT2D eigenvalue weighted by atomic mass is 16.5. The van der Waals surface area contributed by atoms with Crippen LogP contribution in [0.5, 0.6) is 0 Å². The van der Waals surface area contributed by atoms with E-state index < -0.39 is 0 Å². The van der Waals surface area contributed by atoms with Gasteiger partial charge >= 0.3 is 0 Å². The van der Waals surface area contributed by atoms with Crippen molar-refractivity contribution in [3.63, 3.8) is 0 Å². The Bertz CT molecular complexity index is 359. The molecule has 0 N–H and O–H groups in total. The predicted octanol–water partition coefficient (Wildman–Crippen LogP) is 10.7. The third-order valence-electron chi connectivity index (χ3n) is 7.42. The van der Waals surface area contributed by atoms with E-state index in [0.717, 1.165) is 45.2 Å². The zero-order chi connectivity index (χ0) is 23.8. The Morgan fingerprint density at radius 1 is 0.406 bits per heavy atom. The number of hydrogen-bond donors (Lipinski definition) is 0. The van der Waals surface area contributed by atoms with Crippen LogP contribution in [0.1, 0.15) is 175 Å². The summed E-state index contributed by atoms with van der Waals surface area (Å²) in [5.41, 5.74) is 0. The molecule has 0 heterocycles. The first-order chi connectivity index (χ1) is 15.6. The van der Waals surface area contributed by atoms with Gasteiger partial charge in [0.2, 0.25) is 0 Å². The maximum Gasteiger partial charge on any atom is 0.0887 e. The Morgan fingerprint density at radius 3 is 1.22 bits per heavy atom. The molecule has 0 saturated heterocycles. The van der Waals surface area contributed by atoms with Gasteiger partial charge in [0.25, 0.3) is 0 Å². The number of nitrogens with zero attached hydrogens (tertiary/aromatic N) is 1. The van der Waals surface area contributed by atoms with Crippen LogP contribution in [0.3, 0.4) is 0 Å². The summed E-state index contributed by atoms with van der Waals surface area (Å²) in [5.74, 6) is 0. The lowest BCUT2D eigenvalue weighted by molar-refractivity contribution is -0.906. The lowest BCUT2D eigenvalue weighted by Gasteiger charge is -2.49. The third-order valence-corrected chi connectivity index (χ3v) is 7.42. The lowest BCUT2D eigenvalue weighted by Crippen LogP contribution is -2.51. The van der Waals surface area contributed by atoms with Crippen molar-refractivity contribution in [1.82, 2.24) is 0 Å². The number of hydrogen-bond acceptors (Lipinski definition) is 1. The molecule has 0 aromatic heterocycles. The summed E-state index contributed by atoms with van der Waals surface area (Å²) >= 11 is 0. The molecule has 194 valence electrons. The van der Waals surface area contributed by atoms with Crippen LogP contribution >= 0.6 is 0 Å². The highest BCUT2D eigenvalue weighted by molar-refractivity contribution is 4.64. The van der Waals surface area contributed by atoms with Crippen molar-refractivity contribution in [1.29, 1.82) is 0 Å². The average Bonchev–Trinajstić information content (AvgIpc) is 2.78. The van der Waals surface area contributed by atoms with Crippen molar-refractivity contribution < 1.29 is 4.65 Å². The molecular formula is C30H63NO. The number of unbranched alkanes of at least 4 members (excludes halogenated alkanes) is 17. The van der Waals surface area contributed by atoms with Crippen molar-refractivity contribution >= 4 is 0 Å². The Balaban J connectivity index is 4.11. The second kappa shape index (κ2) is 24.1. The van der Waals surface area contributed by atoms with Gasteiger partial charge in [-0.15, -0.1) is 0 Å². The maximum atomic E-state index is 13.8. The van der Waals surface area contributed by atoms with Crippen LogP contribution in [0.15, 0.2) is 0 Å². The van der Waals surface area contributed by atoms with E-state index in [1.807, 2.05) is 0 Å². The van der Waals surface area contributed by atoms with E-state index in [4.69, 9.17) is 0 Å². The second-order valence-electron chi connectivity index (χ2n) is 10.6. The summed E-state index contributed by atoms with van der Waals surface area (Å²) in [6.45, 7) is 10.7. The summed E-state index contributed by atoms with van der Waals surface area (Å²) in [4.78, 5) is 0. The summed E-state index contributed by atoms with van der Waals surface area (Å²) in [7, 11) is 0. The quantitative estimate of drug-likeness (QED) is 0.0725. The number of quaternary nitrogens is 1. The van der Waals surface area contributed by atoms with Gasteiger partial charge in [-0.25, -0.2) is 0 Å². The van der Waals surface area contributed by atoms with Gasteiger partial charge in [0.05, 0.1) is 19.1 Å². The molecule has 0 aromatic rings. The van der Waals surface area contributed by atoms with E-state index in [0.29, 0.717) is 6.04 Å². The zero-order valence-corrected chi connectivity index (χ0v) is 23.1. The third kappa shape index (κ3) is 18.4. The molecule has 0 bridgehead atoms. The van der Waals surface area contributed by atoms with Crippen LogP contribution in [0.4, 0.5) is 0 Å². The van der Waals surface area contributed by atoms with Crippen molar-refractivity contribution in [3.8, 4) is 0 Å². The monoisotopic (exact) mass is 453 g/mol. The van der Waals surface area contributed by atoms with Gasteiger partial charge in [-0.1, -0.05) is 137 Å². The zero-order valence-electron chi connectivity index (χ0n) is 23.1. The highest BCUT2D eigenvalue weighted by Gasteiger charge is 2.26. The molecule has 0 amide bonds. The average molecular weight is 454 g/mol. The number of hydroxylamine groups is 3. The minimum absolute atomic E-state index is 0.109. The molecule has 0 rings (SSSR count). The summed E-state index contributed by atoms with van der Waals surface area (Å²) in [6.07, 6.45) is 30.3. The van der Waals surface area contributed by atoms with Crippen LogP contribution < -0.4 is 0 Å². The molecule has 32 heavy (non-hydrogen) atoms. The second-order valence-corrected chi connectivity index (χ2v) is 10.6. The fourth-order valence-corrected chi connectivity index (χ4v) is 5.36. The van der Waals surface area contributed by atoms with Gasteiger partial charge in [0.1, 0.15) is 0 Å². The molecule has 2 nitrogen and oxygen atoms in total. The molecule has 0 spiro atoms. The van der Waals surface area contributed by atoms with E-state index in [1.165, 1.54) is 116 Å². The first-order valence-corrected chi connectivity index (χ1v) is 15.2. The van der Waals surface area contributed by atoms with Crippen molar-refractivity contribution in [2.24, 2.45) is 0 Å². The molecule has 0 fully saturated rings. The largest absolute Gasteiger partial charge is 0.633 e. The van der Waals surface area contributed by atoms with Gasteiger partial charge in [-0.3, -0.25) is 0 Å². The maximum absolute atomic E-state index is 13.8. The van der Waals surface area contributed by atoms with E-state index >= 15 is 0 Å². The Morgan fingerprint density at radius 2 is 0.812 bits per heavy atom. The van der Waals surface area contributed by atoms with E-state index in [2.05, 4.69) is 27.7 Å². The molecule has 0 saturated carbocycles. The van der Waals surface area contributed by atoms with Crippen LogP contribution in [-0.4, -0.2) is 23.8 Å². The Labute approximate surface area is 204 Å². The lowest BCUT2D eigenvalue weighted by atomic mass is 9.99. The normalized spacial score (nSPS) is 14.5. The molecule has 0 aliphatic heterocycles. The van der Waals surface area contributed by atoms with Gasteiger partial charge in [-0.2, -0.15) is 0 Å². The van der Waals surface area contributed by atoms with Crippen molar-refractivity contribution in [2.75, 3.05) is 13.1 Å². The summed E-state index contributed by atoms with van der Waals surface area (Å²) in [5, 5.41) is 13.8. The van der Waals surface area contributed by atoms with E-state index in [1.54, 1.807) is 0 Å². The Hall–Kier alpha value is -0.0800. The topological polar surface area (TPSA) is 23.1 Å². The fraction of sp³-hybridized carbons (Fsp3) is 1.00. The molecule has 0 aromatic carbocycles. The first-order valence-electron chi connectivity index (χ1n) is 15.2. The van der Waals surface area contributed by atoms with Crippen molar-refractivity contribution in [3.05, 3.63) is 5.21 Å².